The molecule has 0 bridgehead atoms. The van der Waals surface area contributed by atoms with Crippen molar-refractivity contribution < 1.29 is 9.21 Å². The average molecular weight is 446 g/mol. The van der Waals surface area contributed by atoms with Crippen molar-refractivity contribution in [1.82, 2.24) is 4.90 Å². The molecule has 4 rings (SSSR count). The Morgan fingerprint density at radius 2 is 1.62 bits per heavy atom. The van der Waals surface area contributed by atoms with Crippen LogP contribution in [0.1, 0.15) is 48.7 Å². The van der Waals surface area contributed by atoms with E-state index in [4.69, 9.17) is 4.42 Å². The van der Waals surface area contributed by atoms with Crippen molar-refractivity contribution in [3.05, 3.63) is 93.2 Å². The van der Waals surface area contributed by atoms with Crippen LogP contribution in [0.4, 0.5) is 0 Å². The van der Waals surface area contributed by atoms with Crippen molar-refractivity contribution in [2.45, 2.75) is 33.2 Å². The van der Waals surface area contributed by atoms with Gasteiger partial charge in [-0.15, -0.1) is 11.3 Å². The van der Waals surface area contributed by atoms with Gasteiger partial charge in [-0.05, 0) is 42.3 Å². The number of carbonyl (C=O) groups is 1. The lowest BCUT2D eigenvalue weighted by atomic mass is 9.97. The Hall–Kier alpha value is -3.18. The molecule has 32 heavy (non-hydrogen) atoms. The molecule has 2 aromatic carbocycles. The summed E-state index contributed by atoms with van der Waals surface area (Å²) >= 11 is 1.63. The van der Waals surface area contributed by atoms with E-state index in [-0.39, 0.29) is 17.7 Å². The zero-order valence-electron chi connectivity index (χ0n) is 18.6. The summed E-state index contributed by atoms with van der Waals surface area (Å²) in [7, 11) is 0. The topological polar surface area (TPSA) is 50.5 Å². The molecule has 0 radical (unpaired) electrons. The summed E-state index contributed by atoms with van der Waals surface area (Å²) < 4.78 is 5.75. The fraction of sp³-hybridized carbons (Fsp3) is 0.259. The summed E-state index contributed by atoms with van der Waals surface area (Å²) in [6, 6.07) is 20.9. The standard InChI is InChI=1S/C27H27NO3S/c1-18(2)15-16-28(19(3)23-14-9-17-32-23)26(29)25-24(20-10-5-4-6-11-20)21-12-7-8-13-22(21)27(30)31-25/h4-14,17-19H,15-16H2,1-3H3/t19-/m1/s1. The van der Waals surface area contributed by atoms with Gasteiger partial charge in [-0.2, -0.15) is 0 Å². The molecule has 0 aliphatic rings. The first kappa shape index (κ1) is 22.0. The third-order valence-corrected chi connectivity index (χ3v) is 6.77. The lowest BCUT2D eigenvalue weighted by Gasteiger charge is -2.29. The highest BCUT2D eigenvalue weighted by molar-refractivity contribution is 7.10. The van der Waals surface area contributed by atoms with Gasteiger partial charge in [0.05, 0.1) is 11.4 Å². The normalized spacial score (nSPS) is 12.2. The van der Waals surface area contributed by atoms with Gasteiger partial charge in [0.25, 0.3) is 5.91 Å². The Labute approximate surface area is 192 Å². The Morgan fingerprint density at radius 1 is 0.938 bits per heavy atom. The van der Waals surface area contributed by atoms with Crippen molar-refractivity contribution in [3.63, 3.8) is 0 Å². The minimum absolute atomic E-state index is 0.104. The van der Waals surface area contributed by atoms with E-state index in [1.807, 2.05) is 77.9 Å². The highest BCUT2D eigenvalue weighted by Crippen LogP contribution is 2.34. The molecular formula is C27H27NO3S. The van der Waals surface area contributed by atoms with Crippen LogP contribution in [0, 0.1) is 5.92 Å². The van der Waals surface area contributed by atoms with Gasteiger partial charge in [0.15, 0.2) is 0 Å². The van der Waals surface area contributed by atoms with Crippen LogP contribution < -0.4 is 5.63 Å². The first-order valence-corrected chi connectivity index (χ1v) is 11.8. The zero-order valence-corrected chi connectivity index (χ0v) is 19.4. The van der Waals surface area contributed by atoms with Crippen LogP contribution in [-0.2, 0) is 0 Å². The molecule has 0 saturated carbocycles. The predicted octanol–water partition coefficient (Wildman–Crippen LogP) is 6.77. The maximum absolute atomic E-state index is 14.0. The van der Waals surface area contributed by atoms with Gasteiger partial charge in [0.1, 0.15) is 0 Å². The molecular weight excluding hydrogens is 418 g/mol. The Bertz CT molecular complexity index is 1260. The maximum atomic E-state index is 14.0. The molecule has 2 heterocycles. The highest BCUT2D eigenvalue weighted by Gasteiger charge is 2.29. The molecule has 0 saturated heterocycles. The largest absolute Gasteiger partial charge is 0.416 e. The molecule has 0 N–H and O–H groups in total. The molecule has 0 fully saturated rings. The van der Waals surface area contributed by atoms with Crippen molar-refractivity contribution in [2.24, 2.45) is 5.92 Å². The van der Waals surface area contributed by atoms with Crippen LogP contribution in [0.5, 0.6) is 0 Å². The lowest BCUT2D eigenvalue weighted by Crippen LogP contribution is -2.35. The lowest BCUT2D eigenvalue weighted by molar-refractivity contribution is 0.0648. The van der Waals surface area contributed by atoms with Gasteiger partial charge < -0.3 is 9.32 Å². The molecule has 4 aromatic rings. The van der Waals surface area contributed by atoms with E-state index in [1.165, 1.54) is 0 Å². The molecule has 0 aliphatic carbocycles. The van der Waals surface area contributed by atoms with Crippen LogP contribution in [0.2, 0.25) is 0 Å². The quantitative estimate of drug-likeness (QED) is 0.315. The Morgan fingerprint density at radius 3 is 2.28 bits per heavy atom. The molecule has 4 nitrogen and oxygen atoms in total. The Balaban J connectivity index is 1.90. The maximum Gasteiger partial charge on any atom is 0.344 e. The second-order valence-electron chi connectivity index (χ2n) is 8.38. The summed E-state index contributed by atoms with van der Waals surface area (Å²) in [5.74, 6) is 0.290. The van der Waals surface area contributed by atoms with Crippen molar-refractivity contribution >= 4 is 28.0 Å². The number of fused-ring (bicyclic) bond motifs is 1. The first-order chi connectivity index (χ1) is 15.5. The van der Waals surface area contributed by atoms with Crippen molar-refractivity contribution in [1.29, 1.82) is 0 Å². The van der Waals surface area contributed by atoms with Gasteiger partial charge in [0, 0.05) is 22.4 Å². The van der Waals surface area contributed by atoms with E-state index < -0.39 is 5.63 Å². The van der Waals surface area contributed by atoms with Crippen LogP contribution in [0.3, 0.4) is 0 Å². The number of carbonyl (C=O) groups excluding carboxylic acids is 1. The van der Waals surface area contributed by atoms with Crippen molar-refractivity contribution in [3.8, 4) is 11.1 Å². The van der Waals surface area contributed by atoms with E-state index >= 15 is 0 Å². The zero-order chi connectivity index (χ0) is 22.7. The molecule has 0 spiro atoms. The third-order valence-electron chi connectivity index (χ3n) is 5.73. The molecule has 2 aromatic heterocycles. The molecule has 0 aliphatic heterocycles. The van der Waals surface area contributed by atoms with Gasteiger partial charge >= 0.3 is 5.63 Å². The second kappa shape index (κ2) is 9.53. The van der Waals surface area contributed by atoms with Gasteiger partial charge in [-0.1, -0.05) is 68.4 Å². The van der Waals surface area contributed by atoms with E-state index in [9.17, 15) is 9.59 Å². The highest BCUT2D eigenvalue weighted by atomic mass is 32.1. The van der Waals surface area contributed by atoms with E-state index in [0.29, 0.717) is 23.4 Å². The van der Waals surface area contributed by atoms with Gasteiger partial charge in [-0.3, -0.25) is 4.79 Å². The molecule has 1 amide bonds. The van der Waals surface area contributed by atoms with E-state index in [2.05, 4.69) is 13.8 Å². The molecule has 0 unspecified atom stereocenters. The number of nitrogens with zero attached hydrogens (tertiary/aromatic N) is 1. The summed E-state index contributed by atoms with van der Waals surface area (Å²) in [6.45, 7) is 6.90. The monoisotopic (exact) mass is 445 g/mol. The third kappa shape index (κ3) is 4.39. The minimum atomic E-state index is -0.490. The molecule has 5 heteroatoms. The van der Waals surface area contributed by atoms with Crippen molar-refractivity contribution in [2.75, 3.05) is 6.54 Å². The van der Waals surface area contributed by atoms with E-state index in [1.54, 1.807) is 17.4 Å². The number of amides is 1. The fourth-order valence-electron chi connectivity index (χ4n) is 3.92. The number of thiophene rings is 1. The summed E-state index contributed by atoms with van der Waals surface area (Å²) in [4.78, 5) is 29.8. The first-order valence-electron chi connectivity index (χ1n) is 10.9. The predicted molar refractivity (Wildman–Crippen MR) is 131 cm³/mol. The molecule has 1 atom stereocenters. The smallest absolute Gasteiger partial charge is 0.344 e. The Kier molecular flexibility index (Phi) is 6.56. The summed E-state index contributed by atoms with van der Waals surface area (Å²) in [6.07, 6.45) is 0.861. The summed E-state index contributed by atoms with van der Waals surface area (Å²) in [5.41, 5.74) is 1.03. The average Bonchev–Trinajstić information content (AvgIpc) is 3.34. The van der Waals surface area contributed by atoms with E-state index in [0.717, 1.165) is 22.2 Å². The van der Waals surface area contributed by atoms with Crippen LogP contribution >= 0.6 is 11.3 Å². The SMILES string of the molecule is CC(C)CCN(C(=O)c1oc(=O)c2ccccc2c1-c1ccccc1)[C@H](C)c1cccs1. The fourth-order valence-corrected chi connectivity index (χ4v) is 4.72. The van der Waals surface area contributed by atoms with Crippen LogP contribution in [-0.4, -0.2) is 17.4 Å². The van der Waals surface area contributed by atoms with Gasteiger partial charge in [-0.25, -0.2) is 4.79 Å². The number of hydrogen-bond donors (Lipinski definition) is 0. The second-order valence-corrected chi connectivity index (χ2v) is 9.36. The van der Waals surface area contributed by atoms with Crippen LogP contribution in [0.25, 0.3) is 21.9 Å². The number of hydrogen-bond acceptors (Lipinski definition) is 4. The summed E-state index contributed by atoms with van der Waals surface area (Å²) in [5, 5.41) is 3.22. The number of benzene rings is 2. The van der Waals surface area contributed by atoms with Crippen LogP contribution in [0.15, 0.2) is 81.3 Å². The molecule has 164 valence electrons. The minimum Gasteiger partial charge on any atom is -0.416 e. The number of rotatable bonds is 7. The van der Waals surface area contributed by atoms with Gasteiger partial charge in [0.2, 0.25) is 5.76 Å².